The van der Waals surface area contributed by atoms with E-state index in [2.05, 4.69) is 16.8 Å². The number of rotatable bonds is 6. The zero-order valence-corrected chi connectivity index (χ0v) is 16.7. The van der Waals surface area contributed by atoms with Gasteiger partial charge in [-0.05, 0) is 36.2 Å². The molecule has 0 spiro atoms. The molecule has 1 aliphatic heterocycles. The fourth-order valence-corrected chi connectivity index (χ4v) is 3.47. The summed E-state index contributed by atoms with van der Waals surface area (Å²) in [6, 6.07) is 13.8. The van der Waals surface area contributed by atoms with Crippen molar-refractivity contribution in [1.82, 2.24) is 9.88 Å². The standard InChI is InChI=1S/C22H28N4O2/c1-3-19-7-9-20(10-8-19)26(18(2)27)13-11-22(28)25-16-14-24(15-17-25)21-6-4-5-12-23-21/h4-10,12H,3,11,13-17H2,1-2H3. The second-order valence-electron chi connectivity index (χ2n) is 7.00. The van der Waals surface area contributed by atoms with Gasteiger partial charge < -0.3 is 14.7 Å². The number of pyridine rings is 1. The molecule has 28 heavy (non-hydrogen) atoms. The third-order valence-electron chi connectivity index (χ3n) is 5.19. The van der Waals surface area contributed by atoms with E-state index in [0.29, 0.717) is 26.1 Å². The average Bonchev–Trinajstić information content (AvgIpc) is 2.74. The minimum atomic E-state index is -0.0444. The lowest BCUT2D eigenvalue weighted by Crippen LogP contribution is -2.49. The maximum absolute atomic E-state index is 12.7. The van der Waals surface area contributed by atoms with Crippen molar-refractivity contribution in [3.8, 4) is 0 Å². The summed E-state index contributed by atoms with van der Waals surface area (Å²) in [7, 11) is 0. The molecule has 6 heteroatoms. The summed E-state index contributed by atoms with van der Waals surface area (Å²) in [5.74, 6) is 1.00. The third kappa shape index (κ3) is 4.88. The van der Waals surface area contributed by atoms with Gasteiger partial charge in [0.2, 0.25) is 11.8 Å². The summed E-state index contributed by atoms with van der Waals surface area (Å²) in [5, 5.41) is 0. The van der Waals surface area contributed by atoms with Crippen LogP contribution in [0.2, 0.25) is 0 Å². The number of carbonyl (C=O) groups is 2. The molecule has 1 aromatic heterocycles. The lowest BCUT2D eigenvalue weighted by molar-refractivity contribution is -0.131. The summed E-state index contributed by atoms with van der Waals surface area (Å²) in [6.07, 6.45) is 3.08. The number of piperazine rings is 1. The van der Waals surface area contributed by atoms with Crippen molar-refractivity contribution in [1.29, 1.82) is 0 Å². The topological polar surface area (TPSA) is 56.8 Å². The molecular weight excluding hydrogens is 352 g/mol. The van der Waals surface area contributed by atoms with Crippen molar-refractivity contribution < 1.29 is 9.59 Å². The molecule has 0 atom stereocenters. The number of anilines is 2. The van der Waals surface area contributed by atoms with Gasteiger partial charge in [0.25, 0.3) is 0 Å². The Morgan fingerprint density at radius 2 is 1.75 bits per heavy atom. The minimum Gasteiger partial charge on any atom is -0.353 e. The van der Waals surface area contributed by atoms with Crippen LogP contribution in [0.1, 0.15) is 25.8 Å². The number of hydrogen-bond acceptors (Lipinski definition) is 4. The predicted molar refractivity (Wildman–Crippen MR) is 111 cm³/mol. The smallest absolute Gasteiger partial charge is 0.224 e. The lowest BCUT2D eigenvalue weighted by Gasteiger charge is -2.35. The van der Waals surface area contributed by atoms with Gasteiger partial charge in [0.15, 0.2) is 0 Å². The molecule has 0 radical (unpaired) electrons. The van der Waals surface area contributed by atoms with E-state index in [1.807, 2.05) is 47.4 Å². The molecule has 0 saturated carbocycles. The zero-order chi connectivity index (χ0) is 19.9. The van der Waals surface area contributed by atoms with Crippen molar-refractivity contribution in [2.45, 2.75) is 26.7 Å². The lowest BCUT2D eigenvalue weighted by atomic mass is 10.1. The molecule has 1 aliphatic rings. The van der Waals surface area contributed by atoms with Crippen LogP contribution in [-0.4, -0.2) is 54.4 Å². The second-order valence-corrected chi connectivity index (χ2v) is 7.00. The van der Waals surface area contributed by atoms with E-state index in [0.717, 1.165) is 31.0 Å². The van der Waals surface area contributed by atoms with Gasteiger partial charge >= 0.3 is 0 Å². The first-order valence-corrected chi connectivity index (χ1v) is 9.89. The zero-order valence-electron chi connectivity index (χ0n) is 16.7. The van der Waals surface area contributed by atoms with E-state index < -0.39 is 0 Å². The molecule has 2 aromatic rings. The fraction of sp³-hybridized carbons (Fsp3) is 0.409. The monoisotopic (exact) mass is 380 g/mol. The first kappa shape index (κ1) is 19.9. The van der Waals surface area contributed by atoms with Gasteiger partial charge in [-0.1, -0.05) is 25.1 Å². The van der Waals surface area contributed by atoms with E-state index in [9.17, 15) is 9.59 Å². The summed E-state index contributed by atoms with van der Waals surface area (Å²) in [5.41, 5.74) is 2.08. The maximum Gasteiger partial charge on any atom is 0.224 e. The maximum atomic E-state index is 12.7. The van der Waals surface area contributed by atoms with Crippen LogP contribution in [0.4, 0.5) is 11.5 Å². The largest absolute Gasteiger partial charge is 0.353 e. The van der Waals surface area contributed by atoms with Gasteiger partial charge in [-0.25, -0.2) is 4.98 Å². The highest BCUT2D eigenvalue weighted by molar-refractivity contribution is 5.92. The molecule has 0 bridgehead atoms. The Morgan fingerprint density at radius 1 is 1.04 bits per heavy atom. The van der Waals surface area contributed by atoms with Crippen molar-refractivity contribution >= 4 is 23.3 Å². The molecule has 1 fully saturated rings. The first-order valence-electron chi connectivity index (χ1n) is 9.89. The van der Waals surface area contributed by atoms with Crippen molar-refractivity contribution in [3.63, 3.8) is 0 Å². The van der Waals surface area contributed by atoms with Crippen molar-refractivity contribution in [2.75, 3.05) is 42.5 Å². The highest BCUT2D eigenvalue weighted by atomic mass is 16.2. The Bertz CT molecular complexity index is 784. The molecule has 148 valence electrons. The third-order valence-corrected chi connectivity index (χ3v) is 5.19. The van der Waals surface area contributed by atoms with Crippen LogP contribution in [0, 0.1) is 0 Å². The number of nitrogens with zero attached hydrogens (tertiary/aromatic N) is 4. The van der Waals surface area contributed by atoms with E-state index in [1.165, 1.54) is 5.56 Å². The molecule has 1 saturated heterocycles. The predicted octanol–water partition coefficient (Wildman–Crippen LogP) is 2.74. The van der Waals surface area contributed by atoms with Gasteiger partial charge in [0.1, 0.15) is 5.82 Å². The molecule has 0 aliphatic carbocycles. The Kier molecular flexibility index (Phi) is 6.63. The van der Waals surface area contributed by atoms with Gasteiger partial charge in [-0.15, -0.1) is 0 Å². The summed E-state index contributed by atoms with van der Waals surface area (Å²) in [4.78, 5) is 34.9. The quantitative estimate of drug-likeness (QED) is 0.773. The number of aromatic nitrogens is 1. The minimum absolute atomic E-state index is 0.0444. The van der Waals surface area contributed by atoms with Crippen LogP contribution in [0.15, 0.2) is 48.7 Å². The normalized spacial score (nSPS) is 14.1. The summed E-state index contributed by atoms with van der Waals surface area (Å²) in [6.45, 7) is 6.96. The summed E-state index contributed by atoms with van der Waals surface area (Å²) >= 11 is 0. The molecule has 0 unspecified atom stereocenters. The van der Waals surface area contributed by atoms with Gasteiger partial charge in [0, 0.05) is 58.0 Å². The van der Waals surface area contributed by atoms with E-state index in [1.54, 1.807) is 18.0 Å². The number of hydrogen-bond donors (Lipinski definition) is 0. The Balaban J connectivity index is 1.53. The molecule has 2 amide bonds. The van der Waals surface area contributed by atoms with Gasteiger partial charge in [-0.3, -0.25) is 9.59 Å². The average molecular weight is 380 g/mol. The van der Waals surface area contributed by atoms with Crippen LogP contribution in [-0.2, 0) is 16.0 Å². The van der Waals surface area contributed by atoms with E-state index >= 15 is 0 Å². The van der Waals surface area contributed by atoms with E-state index in [4.69, 9.17) is 0 Å². The molecular formula is C22H28N4O2. The second kappa shape index (κ2) is 9.35. The Hall–Kier alpha value is -2.89. The number of carbonyl (C=O) groups excluding carboxylic acids is 2. The van der Waals surface area contributed by atoms with Crippen LogP contribution in [0.3, 0.4) is 0 Å². The van der Waals surface area contributed by atoms with E-state index in [-0.39, 0.29) is 11.8 Å². The van der Waals surface area contributed by atoms with Crippen LogP contribution in [0.25, 0.3) is 0 Å². The SMILES string of the molecule is CCc1ccc(N(CCC(=O)N2CCN(c3ccccn3)CC2)C(C)=O)cc1. The number of amides is 2. The first-order chi connectivity index (χ1) is 13.6. The highest BCUT2D eigenvalue weighted by Gasteiger charge is 2.22. The molecule has 1 aromatic carbocycles. The van der Waals surface area contributed by atoms with Crippen molar-refractivity contribution in [3.05, 3.63) is 54.2 Å². The van der Waals surface area contributed by atoms with Crippen LogP contribution >= 0.6 is 0 Å². The van der Waals surface area contributed by atoms with Crippen LogP contribution < -0.4 is 9.80 Å². The van der Waals surface area contributed by atoms with Gasteiger partial charge in [-0.2, -0.15) is 0 Å². The Morgan fingerprint density at radius 3 is 2.32 bits per heavy atom. The molecule has 2 heterocycles. The Labute approximate surface area is 166 Å². The van der Waals surface area contributed by atoms with Crippen LogP contribution in [0.5, 0.6) is 0 Å². The molecule has 3 rings (SSSR count). The molecule has 6 nitrogen and oxygen atoms in total. The molecule has 0 N–H and O–H groups in total. The van der Waals surface area contributed by atoms with Crippen molar-refractivity contribution in [2.24, 2.45) is 0 Å². The van der Waals surface area contributed by atoms with Gasteiger partial charge in [0.05, 0.1) is 0 Å². The number of benzene rings is 1. The highest BCUT2D eigenvalue weighted by Crippen LogP contribution is 2.17. The summed E-state index contributed by atoms with van der Waals surface area (Å²) < 4.78 is 0. The fourth-order valence-electron chi connectivity index (χ4n) is 3.47. The number of aryl methyl sites for hydroxylation is 1.